The van der Waals surface area contributed by atoms with Crippen LogP contribution in [0.1, 0.15) is 63.7 Å². The van der Waals surface area contributed by atoms with Crippen molar-refractivity contribution < 1.29 is 36.6 Å². The minimum atomic E-state index is -4.07. The second-order valence-corrected chi connectivity index (χ2v) is 13.9. The van der Waals surface area contributed by atoms with Gasteiger partial charge in [0.2, 0.25) is 5.91 Å². The molecule has 2 aromatic rings. The van der Waals surface area contributed by atoms with Crippen LogP contribution in [0.15, 0.2) is 41.3 Å². The number of ether oxygens (including phenoxy) is 1. The van der Waals surface area contributed by atoms with Crippen molar-refractivity contribution in [1.82, 2.24) is 5.32 Å². The third kappa shape index (κ3) is 7.43. The molecule has 1 saturated carbocycles. The van der Waals surface area contributed by atoms with Crippen LogP contribution in [-0.2, 0) is 19.4 Å². The number of sulfone groups is 1. The molecule has 0 spiro atoms. The second-order valence-electron chi connectivity index (χ2n) is 11.3. The van der Waals surface area contributed by atoms with Gasteiger partial charge in [0.25, 0.3) is 5.91 Å². The van der Waals surface area contributed by atoms with E-state index in [0.29, 0.717) is 6.42 Å². The summed E-state index contributed by atoms with van der Waals surface area (Å²) in [5.74, 6) is -4.34. The zero-order valence-corrected chi connectivity index (χ0v) is 25.3. The number of rotatable bonds is 10. The number of halogens is 3. The first-order valence-corrected chi connectivity index (χ1v) is 15.3. The fourth-order valence-electron chi connectivity index (χ4n) is 5.23. The molecule has 0 aliphatic heterocycles. The second kappa shape index (κ2) is 12.7. The van der Waals surface area contributed by atoms with Gasteiger partial charge in [0.15, 0.2) is 21.5 Å². The van der Waals surface area contributed by atoms with E-state index in [2.05, 4.69) is 10.6 Å². The summed E-state index contributed by atoms with van der Waals surface area (Å²) in [6.45, 7) is 7.45. The molecule has 0 aromatic heterocycles. The molecule has 1 unspecified atom stereocenters. The monoisotopic (exact) mass is 614 g/mol. The van der Waals surface area contributed by atoms with Crippen LogP contribution in [0.5, 0.6) is 0 Å². The SMILES string of the molecule is CCC1C[C@@H](S(=O)(=O)c2cc(C(=O)Nc3ccc(F)c(F)c3)ccc2Cl)C[C@H](C)[C@@]1(O)CC(=O)NCC(C)(C)OC. The normalized spacial score (nSPS) is 23.2. The molecule has 0 heterocycles. The van der Waals surface area contributed by atoms with Crippen molar-refractivity contribution >= 4 is 38.9 Å². The highest BCUT2D eigenvalue weighted by atomic mass is 35.5. The number of amides is 2. The molecule has 226 valence electrons. The fourth-order valence-corrected chi connectivity index (χ4v) is 7.69. The highest BCUT2D eigenvalue weighted by molar-refractivity contribution is 7.92. The van der Waals surface area contributed by atoms with Crippen LogP contribution in [0, 0.1) is 23.5 Å². The van der Waals surface area contributed by atoms with Gasteiger partial charge < -0.3 is 20.5 Å². The van der Waals surface area contributed by atoms with E-state index >= 15 is 0 Å². The van der Waals surface area contributed by atoms with E-state index in [1.165, 1.54) is 25.3 Å². The molecule has 8 nitrogen and oxygen atoms in total. The van der Waals surface area contributed by atoms with Crippen LogP contribution in [0.2, 0.25) is 5.02 Å². The summed E-state index contributed by atoms with van der Waals surface area (Å²) in [7, 11) is -2.53. The predicted molar refractivity (Wildman–Crippen MR) is 153 cm³/mol. The van der Waals surface area contributed by atoms with E-state index in [0.717, 1.165) is 18.2 Å². The van der Waals surface area contributed by atoms with Crippen molar-refractivity contribution in [2.75, 3.05) is 19.0 Å². The van der Waals surface area contributed by atoms with E-state index in [9.17, 15) is 31.9 Å². The Morgan fingerprint density at radius 2 is 1.83 bits per heavy atom. The van der Waals surface area contributed by atoms with E-state index < -0.39 is 55.7 Å². The van der Waals surface area contributed by atoms with Gasteiger partial charge in [-0.2, -0.15) is 0 Å². The third-order valence-electron chi connectivity index (χ3n) is 8.04. The van der Waals surface area contributed by atoms with Gasteiger partial charge in [0, 0.05) is 31.0 Å². The summed E-state index contributed by atoms with van der Waals surface area (Å²) < 4.78 is 59.8. The van der Waals surface area contributed by atoms with E-state index in [1.54, 1.807) is 6.92 Å². The van der Waals surface area contributed by atoms with Gasteiger partial charge in [-0.15, -0.1) is 0 Å². The molecular weight excluding hydrogens is 578 g/mol. The number of carbonyl (C=O) groups excluding carboxylic acids is 2. The number of aliphatic hydroxyl groups is 1. The lowest BCUT2D eigenvalue weighted by molar-refractivity contribution is -0.139. The van der Waals surface area contributed by atoms with Crippen LogP contribution in [0.4, 0.5) is 14.5 Å². The Morgan fingerprint density at radius 1 is 1.15 bits per heavy atom. The first-order valence-electron chi connectivity index (χ1n) is 13.4. The predicted octanol–water partition coefficient (Wildman–Crippen LogP) is 5.13. The molecular formula is C29H37ClF2N2O6S. The Kier molecular flexibility index (Phi) is 10.2. The smallest absolute Gasteiger partial charge is 0.255 e. The summed E-state index contributed by atoms with van der Waals surface area (Å²) >= 11 is 6.30. The number of carbonyl (C=O) groups is 2. The van der Waals surface area contributed by atoms with Crippen LogP contribution in [-0.4, -0.2) is 55.4 Å². The summed E-state index contributed by atoms with van der Waals surface area (Å²) in [6, 6.07) is 6.64. The number of methoxy groups -OCH3 is 1. The van der Waals surface area contributed by atoms with Gasteiger partial charge in [-0.05, 0) is 68.9 Å². The lowest BCUT2D eigenvalue weighted by Crippen LogP contribution is -2.54. The Labute approximate surface area is 244 Å². The van der Waals surface area contributed by atoms with E-state index in [-0.39, 0.29) is 52.9 Å². The standard InChI is InChI=1S/C29H37ClF2N2O6S/c1-6-19-13-21(11-17(2)29(19,37)15-26(35)33-16-28(3,4)40-5)41(38,39)25-12-18(7-9-22(25)30)27(36)34-20-8-10-23(31)24(32)14-20/h7-10,12,14,17,19,21,37H,6,11,13,15-16H2,1-5H3,(H,33,35)(H,34,36)/t17-,19?,21-,29-/m0/s1. The number of benzene rings is 2. The van der Waals surface area contributed by atoms with Gasteiger partial charge in [0.1, 0.15) is 0 Å². The van der Waals surface area contributed by atoms with E-state index in [1.807, 2.05) is 20.8 Å². The molecule has 41 heavy (non-hydrogen) atoms. The molecule has 1 aliphatic rings. The number of hydrogen-bond acceptors (Lipinski definition) is 6. The lowest BCUT2D eigenvalue weighted by atomic mass is 9.66. The highest BCUT2D eigenvalue weighted by Crippen LogP contribution is 2.46. The van der Waals surface area contributed by atoms with Crippen molar-refractivity contribution in [3.8, 4) is 0 Å². The van der Waals surface area contributed by atoms with Crippen molar-refractivity contribution in [2.24, 2.45) is 11.8 Å². The van der Waals surface area contributed by atoms with Crippen LogP contribution < -0.4 is 10.6 Å². The minimum absolute atomic E-state index is 0.00532. The molecule has 0 saturated heterocycles. The van der Waals surface area contributed by atoms with Gasteiger partial charge >= 0.3 is 0 Å². The molecule has 0 bridgehead atoms. The fraction of sp³-hybridized carbons (Fsp3) is 0.517. The first kappa shape index (κ1) is 32.9. The Morgan fingerprint density at radius 3 is 2.44 bits per heavy atom. The maximum Gasteiger partial charge on any atom is 0.255 e. The highest BCUT2D eigenvalue weighted by Gasteiger charge is 2.50. The summed E-state index contributed by atoms with van der Waals surface area (Å²) in [4.78, 5) is 25.3. The van der Waals surface area contributed by atoms with Crippen molar-refractivity contribution in [3.63, 3.8) is 0 Å². The molecule has 4 atom stereocenters. The molecule has 0 radical (unpaired) electrons. The number of anilines is 1. The van der Waals surface area contributed by atoms with Crippen molar-refractivity contribution in [3.05, 3.63) is 58.6 Å². The van der Waals surface area contributed by atoms with Gasteiger partial charge in [-0.1, -0.05) is 31.9 Å². The van der Waals surface area contributed by atoms with Crippen LogP contribution >= 0.6 is 11.6 Å². The topological polar surface area (TPSA) is 122 Å². The Hall–Kier alpha value is -2.60. The van der Waals surface area contributed by atoms with Crippen LogP contribution in [0.3, 0.4) is 0 Å². The number of hydrogen-bond donors (Lipinski definition) is 3. The maximum atomic E-state index is 13.8. The summed E-state index contributed by atoms with van der Waals surface area (Å²) in [6.07, 6.45) is 0.430. The molecule has 2 aromatic carbocycles. The maximum absolute atomic E-state index is 13.8. The lowest BCUT2D eigenvalue weighted by Gasteiger charge is -2.47. The van der Waals surface area contributed by atoms with Crippen molar-refractivity contribution in [2.45, 2.75) is 74.7 Å². The van der Waals surface area contributed by atoms with Gasteiger partial charge in [0.05, 0.1) is 32.8 Å². The molecule has 12 heteroatoms. The molecule has 1 fully saturated rings. The minimum Gasteiger partial charge on any atom is -0.389 e. The van der Waals surface area contributed by atoms with Gasteiger partial charge in [-0.3, -0.25) is 9.59 Å². The van der Waals surface area contributed by atoms with Crippen molar-refractivity contribution in [1.29, 1.82) is 0 Å². The first-order chi connectivity index (χ1) is 19.0. The van der Waals surface area contributed by atoms with Crippen LogP contribution in [0.25, 0.3) is 0 Å². The van der Waals surface area contributed by atoms with E-state index in [4.69, 9.17) is 16.3 Å². The zero-order valence-electron chi connectivity index (χ0n) is 23.8. The molecule has 3 N–H and O–H groups in total. The largest absolute Gasteiger partial charge is 0.389 e. The van der Waals surface area contributed by atoms with Gasteiger partial charge in [-0.25, -0.2) is 17.2 Å². The summed E-state index contributed by atoms with van der Waals surface area (Å²) in [5.41, 5.74) is -2.05. The average Bonchev–Trinajstić information content (AvgIpc) is 2.91. The molecule has 2 amide bonds. The molecule has 3 rings (SSSR count). The third-order valence-corrected chi connectivity index (χ3v) is 10.7. The zero-order chi connectivity index (χ0) is 30.8. The number of nitrogens with one attached hydrogen (secondary N) is 2. The molecule has 1 aliphatic carbocycles. The summed E-state index contributed by atoms with van der Waals surface area (Å²) in [5, 5.41) is 15.9. The Balaban J connectivity index is 1.81. The quantitative estimate of drug-likeness (QED) is 0.341. The average molecular weight is 615 g/mol. The Bertz CT molecular complexity index is 1400.